The molecular formula is C19H24ClNO2. The Morgan fingerprint density at radius 1 is 1.00 bits per heavy atom. The van der Waals surface area contributed by atoms with E-state index in [1.807, 2.05) is 43.3 Å². The molecule has 124 valence electrons. The molecule has 0 fully saturated rings. The van der Waals surface area contributed by atoms with Crippen LogP contribution in [0.4, 0.5) is 0 Å². The van der Waals surface area contributed by atoms with Crippen LogP contribution in [0, 0.1) is 0 Å². The lowest BCUT2D eigenvalue weighted by Crippen LogP contribution is -2.15. The van der Waals surface area contributed by atoms with Crippen LogP contribution in [-0.2, 0) is 13.2 Å². The maximum atomic E-state index is 6.07. The van der Waals surface area contributed by atoms with Crippen LogP contribution in [0.1, 0.15) is 31.4 Å². The van der Waals surface area contributed by atoms with Gasteiger partial charge in [-0.2, -0.15) is 0 Å². The van der Waals surface area contributed by atoms with E-state index in [0.717, 1.165) is 47.2 Å². The van der Waals surface area contributed by atoms with Crippen molar-refractivity contribution < 1.29 is 9.47 Å². The summed E-state index contributed by atoms with van der Waals surface area (Å²) in [6.45, 7) is 6.98. The van der Waals surface area contributed by atoms with Crippen molar-refractivity contribution in [3.63, 3.8) is 0 Å². The number of halogens is 1. The predicted molar refractivity (Wildman–Crippen MR) is 95.4 cm³/mol. The van der Waals surface area contributed by atoms with Gasteiger partial charge in [-0.15, -0.1) is 0 Å². The van der Waals surface area contributed by atoms with Gasteiger partial charge in [0.1, 0.15) is 6.61 Å². The van der Waals surface area contributed by atoms with E-state index < -0.39 is 0 Å². The molecular weight excluding hydrogens is 310 g/mol. The second kappa shape index (κ2) is 9.43. The Bertz CT molecular complexity index is 599. The van der Waals surface area contributed by atoms with Crippen LogP contribution in [-0.4, -0.2) is 13.2 Å². The van der Waals surface area contributed by atoms with Gasteiger partial charge in [0, 0.05) is 17.1 Å². The monoisotopic (exact) mass is 333 g/mol. The number of rotatable bonds is 9. The molecule has 0 heterocycles. The molecule has 0 aliphatic rings. The van der Waals surface area contributed by atoms with Gasteiger partial charge in [0.15, 0.2) is 11.5 Å². The van der Waals surface area contributed by atoms with Gasteiger partial charge in [0.25, 0.3) is 0 Å². The Morgan fingerprint density at radius 2 is 1.78 bits per heavy atom. The summed E-state index contributed by atoms with van der Waals surface area (Å²) >= 11 is 5.92. The van der Waals surface area contributed by atoms with Crippen LogP contribution in [0.25, 0.3) is 0 Å². The van der Waals surface area contributed by atoms with E-state index in [1.165, 1.54) is 0 Å². The summed E-state index contributed by atoms with van der Waals surface area (Å²) in [5.74, 6) is 1.60. The van der Waals surface area contributed by atoms with Gasteiger partial charge < -0.3 is 14.8 Å². The predicted octanol–water partition coefficient (Wildman–Crippen LogP) is 4.82. The van der Waals surface area contributed by atoms with Crippen LogP contribution >= 0.6 is 11.6 Å². The zero-order valence-electron chi connectivity index (χ0n) is 13.8. The molecule has 0 spiro atoms. The summed E-state index contributed by atoms with van der Waals surface area (Å²) in [6, 6.07) is 13.7. The molecule has 2 aromatic carbocycles. The molecule has 0 aliphatic carbocycles. The molecule has 0 saturated carbocycles. The molecule has 0 aliphatic heterocycles. The van der Waals surface area contributed by atoms with E-state index in [9.17, 15) is 0 Å². The van der Waals surface area contributed by atoms with E-state index in [2.05, 4.69) is 18.3 Å². The molecule has 4 heteroatoms. The van der Waals surface area contributed by atoms with Gasteiger partial charge in [-0.05, 0) is 43.7 Å². The van der Waals surface area contributed by atoms with Crippen LogP contribution in [0.15, 0.2) is 42.5 Å². The number of hydrogen-bond acceptors (Lipinski definition) is 3. The Kier molecular flexibility index (Phi) is 7.24. The van der Waals surface area contributed by atoms with Gasteiger partial charge in [-0.3, -0.25) is 0 Å². The van der Waals surface area contributed by atoms with Gasteiger partial charge in [-0.1, -0.05) is 42.8 Å². The molecule has 0 bridgehead atoms. The van der Waals surface area contributed by atoms with Crippen LogP contribution in [0.5, 0.6) is 11.5 Å². The van der Waals surface area contributed by atoms with E-state index >= 15 is 0 Å². The Labute approximate surface area is 143 Å². The van der Waals surface area contributed by atoms with E-state index in [1.54, 1.807) is 0 Å². The van der Waals surface area contributed by atoms with E-state index in [4.69, 9.17) is 21.1 Å². The Balaban J connectivity index is 2.13. The van der Waals surface area contributed by atoms with Crippen molar-refractivity contribution in [2.24, 2.45) is 0 Å². The second-order valence-corrected chi connectivity index (χ2v) is 5.71. The molecule has 0 unspecified atom stereocenters. The first-order chi connectivity index (χ1) is 11.2. The van der Waals surface area contributed by atoms with Crippen molar-refractivity contribution >= 4 is 11.6 Å². The molecule has 0 saturated heterocycles. The second-order valence-electron chi connectivity index (χ2n) is 5.27. The minimum absolute atomic E-state index is 0.488. The van der Waals surface area contributed by atoms with Crippen LogP contribution in [0.3, 0.4) is 0 Å². The number of ether oxygens (including phenoxy) is 2. The molecule has 1 N–H and O–H groups in total. The van der Waals surface area contributed by atoms with Crippen molar-refractivity contribution in [2.75, 3.05) is 13.2 Å². The molecule has 2 rings (SSSR count). The molecule has 23 heavy (non-hydrogen) atoms. The molecule has 2 aromatic rings. The zero-order chi connectivity index (χ0) is 16.5. The topological polar surface area (TPSA) is 30.5 Å². The number of para-hydroxylation sites is 1. The van der Waals surface area contributed by atoms with Crippen molar-refractivity contribution in [1.82, 2.24) is 5.32 Å². The van der Waals surface area contributed by atoms with Crippen molar-refractivity contribution in [1.29, 1.82) is 0 Å². The maximum Gasteiger partial charge on any atom is 0.166 e. The lowest BCUT2D eigenvalue weighted by Gasteiger charge is -2.16. The summed E-state index contributed by atoms with van der Waals surface area (Å²) in [5, 5.41) is 4.14. The summed E-state index contributed by atoms with van der Waals surface area (Å²) in [6.07, 6.45) is 1.10. The quantitative estimate of drug-likeness (QED) is 0.667. The van der Waals surface area contributed by atoms with Crippen molar-refractivity contribution in [3.8, 4) is 11.5 Å². The summed E-state index contributed by atoms with van der Waals surface area (Å²) in [5.41, 5.74) is 2.19. The molecule has 3 nitrogen and oxygen atoms in total. The average molecular weight is 334 g/mol. The summed E-state index contributed by atoms with van der Waals surface area (Å²) in [7, 11) is 0. The highest BCUT2D eigenvalue weighted by molar-refractivity contribution is 6.30. The number of hydrogen-bond donors (Lipinski definition) is 1. The van der Waals surface area contributed by atoms with Gasteiger partial charge in [0.2, 0.25) is 0 Å². The van der Waals surface area contributed by atoms with E-state index in [-0.39, 0.29) is 0 Å². The van der Waals surface area contributed by atoms with Crippen LogP contribution in [0.2, 0.25) is 5.02 Å². The normalized spacial score (nSPS) is 10.6. The van der Waals surface area contributed by atoms with Crippen molar-refractivity contribution in [2.45, 2.75) is 33.4 Å². The number of benzene rings is 2. The Hall–Kier alpha value is -1.71. The third-order valence-corrected chi connectivity index (χ3v) is 3.65. The highest BCUT2D eigenvalue weighted by Crippen LogP contribution is 2.32. The number of nitrogens with one attached hydrogen (secondary N) is 1. The highest BCUT2D eigenvalue weighted by Gasteiger charge is 2.11. The maximum absolute atomic E-state index is 6.07. The summed E-state index contributed by atoms with van der Waals surface area (Å²) in [4.78, 5) is 0. The largest absolute Gasteiger partial charge is 0.490 e. The van der Waals surface area contributed by atoms with E-state index in [0.29, 0.717) is 13.2 Å². The third kappa shape index (κ3) is 5.45. The van der Waals surface area contributed by atoms with Crippen LogP contribution < -0.4 is 14.8 Å². The van der Waals surface area contributed by atoms with Gasteiger partial charge in [0.05, 0.1) is 6.61 Å². The lowest BCUT2D eigenvalue weighted by atomic mass is 10.1. The molecule has 0 radical (unpaired) electrons. The molecule has 0 atom stereocenters. The molecule has 0 amide bonds. The van der Waals surface area contributed by atoms with Gasteiger partial charge >= 0.3 is 0 Å². The minimum atomic E-state index is 0.488. The summed E-state index contributed by atoms with van der Waals surface area (Å²) < 4.78 is 11.8. The standard InChI is InChI=1S/C19H24ClNO2/c1-3-12-21-13-16-6-5-7-18(22-4-2)19(16)23-14-15-8-10-17(20)11-9-15/h5-11,21H,3-4,12-14H2,1-2H3. The first kappa shape index (κ1) is 17.6. The fraction of sp³-hybridized carbons (Fsp3) is 0.368. The zero-order valence-corrected chi connectivity index (χ0v) is 14.5. The van der Waals surface area contributed by atoms with Gasteiger partial charge in [-0.25, -0.2) is 0 Å². The third-order valence-electron chi connectivity index (χ3n) is 3.40. The fourth-order valence-electron chi connectivity index (χ4n) is 2.27. The smallest absolute Gasteiger partial charge is 0.166 e. The van der Waals surface area contributed by atoms with Crippen molar-refractivity contribution in [3.05, 3.63) is 58.6 Å². The first-order valence-corrected chi connectivity index (χ1v) is 8.45. The first-order valence-electron chi connectivity index (χ1n) is 8.07. The molecule has 0 aromatic heterocycles. The fourth-order valence-corrected chi connectivity index (χ4v) is 2.40. The minimum Gasteiger partial charge on any atom is -0.490 e. The highest BCUT2D eigenvalue weighted by atomic mass is 35.5. The average Bonchev–Trinajstić information content (AvgIpc) is 2.56. The Morgan fingerprint density at radius 3 is 2.48 bits per heavy atom. The SMILES string of the molecule is CCCNCc1cccc(OCC)c1OCc1ccc(Cl)cc1. The lowest BCUT2D eigenvalue weighted by molar-refractivity contribution is 0.266.